The molecule has 0 bridgehead atoms. The quantitative estimate of drug-likeness (QED) is 0.570. The Kier molecular flexibility index (Phi) is 5.37. The van der Waals surface area contributed by atoms with E-state index in [2.05, 4.69) is 10.3 Å². The topological polar surface area (TPSA) is 119 Å². The molecule has 1 atom stereocenters. The summed E-state index contributed by atoms with van der Waals surface area (Å²) in [5, 5.41) is 11.6. The number of fused-ring (bicyclic) bond motifs is 1. The summed E-state index contributed by atoms with van der Waals surface area (Å²) in [6.45, 7) is 1.51. The molecule has 0 saturated carbocycles. The van der Waals surface area contributed by atoms with Crippen LogP contribution in [-0.2, 0) is 11.4 Å². The number of aryl methyl sites for hydroxylation is 1. The van der Waals surface area contributed by atoms with Crippen molar-refractivity contribution in [3.8, 4) is 5.75 Å². The molecule has 3 heterocycles. The van der Waals surface area contributed by atoms with Crippen molar-refractivity contribution in [3.63, 3.8) is 0 Å². The van der Waals surface area contributed by atoms with Gasteiger partial charge in [0, 0.05) is 11.7 Å². The fourth-order valence-corrected chi connectivity index (χ4v) is 2.73. The van der Waals surface area contributed by atoms with Crippen molar-refractivity contribution < 1.29 is 19.4 Å². The maximum atomic E-state index is 12.6. The lowest BCUT2D eigenvalue weighted by Crippen LogP contribution is -2.47. The molecule has 8 nitrogen and oxygen atoms in total. The molecule has 0 fully saturated rings. The number of amides is 2. The zero-order valence-electron chi connectivity index (χ0n) is 14.8. The number of aromatic nitrogens is 2. The first-order valence-electron chi connectivity index (χ1n) is 8.35. The van der Waals surface area contributed by atoms with Crippen LogP contribution >= 0.6 is 0 Å². The fourth-order valence-electron chi connectivity index (χ4n) is 2.73. The Morgan fingerprint density at radius 2 is 2.15 bits per heavy atom. The second-order valence-electron chi connectivity index (χ2n) is 6.06. The summed E-state index contributed by atoms with van der Waals surface area (Å²) < 4.78 is 7.43. The van der Waals surface area contributed by atoms with E-state index in [-0.39, 0.29) is 0 Å². The number of carbonyl (C=O) groups is 2. The highest BCUT2D eigenvalue weighted by Gasteiger charge is 2.21. The van der Waals surface area contributed by atoms with Crippen molar-refractivity contribution in [2.45, 2.75) is 19.6 Å². The molecule has 3 rings (SSSR count). The number of hydrogen-bond acceptors (Lipinski definition) is 5. The van der Waals surface area contributed by atoms with Crippen LogP contribution in [0.25, 0.3) is 5.52 Å². The van der Waals surface area contributed by atoms with E-state index in [4.69, 9.17) is 10.5 Å². The summed E-state index contributed by atoms with van der Waals surface area (Å²) in [7, 11) is 0. The van der Waals surface area contributed by atoms with Crippen LogP contribution in [-0.4, -0.2) is 39.0 Å². The molecule has 27 heavy (non-hydrogen) atoms. The second-order valence-corrected chi connectivity index (χ2v) is 6.06. The van der Waals surface area contributed by atoms with Crippen molar-refractivity contribution >= 4 is 17.3 Å². The number of ether oxygens (including phenoxy) is 1. The SMILES string of the molecule is Cc1cc2ccc(OCc3ccccn3)cn2c1C(=O)NC(CO)C(N)=O. The van der Waals surface area contributed by atoms with Gasteiger partial charge >= 0.3 is 0 Å². The van der Waals surface area contributed by atoms with Crippen LogP contribution in [0.1, 0.15) is 21.7 Å². The molecule has 0 radical (unpaired) electrons. The van der Waals surface area contributed by atoms with Crippen LogP contribution in [0.4, 0.5) is 0 Å². The van der Waals surface area contributed by atoms with E-state index >= 15 is 0 Å². The first-order chi connectivity index (χ1) is 13.0. The number of aliphatic hydroxyl groups excluding tert-OH is 1. The van der Waals surface area contributed by atoms with Gasteiger partial charge in [-0.3, -0.25) is 14.6 Å². The molecule has 4 N–H and O–H groups in total. The van der Waals surface area contributed by atoms with Crippen molar-refractivity contribution in [1.29, 1.82) is 0 Å². The molecule has 0 aliphatic carbocycles. The van der Waals surface area contributed by atoms with Gasteiger partial charge in [0.1, 0.15) is 24.1 Å². The van der Waals surface area contributed by atoms with Gasteiger partial charge in [-0.25, -0.2) is 0 Å². The summed E-state index contributed by atoms with van der Waals surface area (Å²) in [6.07, 6.45) is 3.38. The molecule has 0 aromatic carbocycles. The van der Waals surface area contributed by atoms with E-state index in [1.165, 1.54) is 0 Å². The average molecular weight is 368 g/mol. The predicted octanol–water partition coefficient (Wildman–Crippen LogP) is 0.798. The van der Waals surface area contributed by atoms with Gasteiger partial charge in [0.25, 0.3) is 5.91 Å². The van der Waals surface area contributed by atoms with Crippen LogP contribution in [0.3, 0.4) is 0 Å². The summed E-state index contributed by atoms with van der Waals surface area (Å²) in [4.78, 5) is 28.1. The summed E-state index contributed by atoms with van der Waals surface area (Å²) in [5.74, 6) is -0.748. The van der Waals surface area contributed by atoms with Gasteiger partial charge in [-0.2, -0.15) is 0 Å². The highest BCUT2D eigenvalue weighted by molar-refractivity contribution is 5.98. The van der Waals surface area contributed by atoms with Crippen LogP contribution in [0.15, 0.2) is 48.8 Å². The minimum absolute atomic E-state index is 0.294. The molecule has 2 amide bonds. The number of primary amides is 1. The third kappa shape index (κ3) is 4.06. The monoisotopic (exact) mass is 368 g/mol. The normalized spacial score (nSPS) is 11.9. The van der Waals surface area contributed by atoms with Crippen LogP contribution in [0.5, 0.6) is 5.75 Å². The molecule has 0 aliphatic rings. The third-order valence-electron chi connectivity index (χ3n) is 4.09. The van der Waals surface area contributed by atoms with Crippen LogP contribution in [0.2, 0.25) is 0 Å². The Balaban J connectivity index is 1.86. The van der Waals surface area contributed by atoms with E-state index < -0.39 is 24.5 Å². The van der Waals surface area contributed by atoms with E-state index in [0.717, 1.165) is 16.8 Å². The maximum absolute atomic E-state index is 12.6. The lowest BCUT2D eigenvalue weighted by atomic mass is 10.2. The van der Waals surface area contributed by atoms with Gasteiger partial charge in [-0.1, -0.05) is 6.07 Å². The summed E-state index contributed by atoms with van der Waals surface area (Å²) in [6, 6.07) is 9.89. The van der Waals surface area contributed by atoms with Crippen molar-refractivity contribution in [2.75, 3.05) is 6.61 Å². The van der Waals surface area contributed by atoms with Gasteiger partial charge in [0.05, 0.1) is 18.5 Å². The molecule has 140 valence electrons. The molecule has 3 aromatic heterocycles. The zero-order valence-corrected chi connectivity index (χ0v) is 14.8. The molecule has 3 aromatic rings. The standard InChI is InChI=1S/C19H20N4O4/c1-12-8-14-5-6-15(27-11-13-4-2-3-7-21-13)9-23(14)17(12)19(26)22-16(10-24)18(20)25/h2-9,16,24H,10-11H2,1H3,(H2,20,25)(H,22,26). The number of aliphatic hydroxyl groups is 1. The fraction of sp³-hybridized carbons (Fsp3) is 0.211. The first-order valence-corrected chi connectivity index (χ1v) is 8.35. The number of nitrogens with zero attached hydrogens (tertiary/aromatic N) is 2. The number of rotatable bonds is 7. The Labute approximate surface area is 155 Å². The summed E-state index contributed by atoms with van der Waals surface area (Å²) in [5.41, 5.74) is 7.81. The Morgan fingerprint density at radius 1 is 1.33 bits per heavy atom. The number of nitrogens with two attached hydrogens (primary N) is 1. The van der Waals surface area contributed by atoms with Crippen molar-refractivity contribution in [1.82, 2.24) is 14.7 Å². The maximum Gasteiger partial charge on any atom is 0.269 e. The van der Waals surface area contributed by atoms with Gasteiger partial charge < -0.3 is 25.3 Å². The highest BCUT2D eigenvalue weighted by atomic mass is 16.5. The predicted molar refractivity (Wildman–Crippen MR) is 98.2 cm³/mol. The molecule has 1 unspecified atom stereocenters. The van der Waals surface area contributed by atoms with E-state index in [0.29, 0.717) is 18.1 Å². The molecule has 0 saturated heterocycles. The summed E-state index contributed by atoms with van der Waals surface area (Å²) >= 11 is 0. The van der Waals surface area contributed by atoms with Crippen molar-refractivity contribution in [2.24, 2.45) is 5.73 Å². The van der Waals surface area contributed by atoms with Crippen LogP contribution in [0, 0.1) is 6.92 Å². The van der Waals surface area contributed by atoms with Crippen molar-refractivity contribution in [3.05, 3.63) is 65.7 Å². The molecule has 0 spiro atoms. The Morgan fingerprint density at radius 3 is 2.81 bits per heavy atom. The number of hydrogen-bond donors (Lipinski definition) is 3. The van der Waals surface area contributed by atoms with Gasteiger partial charge in [0.2, 0.25) is 5.91 Å². The second kappa shape index (κ2) is 7.88. The average Bonchev–Trinajstić information content (AvgIpc) is 3.00. The smallest absolute Gasteiger partial charge is 0.269 e. The lowest BCUT2D eigenvalue weighted by Gasteiger charge is -2.13. The van der Waals surface area contributed by atoms with E-state index in [1.54, 1.807) is 29.8 Å². The van der Waals surface area contributed by atoms with Gasteiger partial charge in [-0.05, 0) is 42.8 Å². The minimum atomic E-state index is -1.15. The van der Waals surface area contributed by atoms with E-state index in [1.807, 2.05) is 30.3 Å². The number of nitrogens with one attached hydrogen (secondary N) is 1. The zero-order chi connectivity index (χ0) is 19.4. The van der Waals surface area contributed by atoms with E-state index in [9.17, 15) is 14.7 Å². The molecular formula is C19H20N4O4. The minimum Gasteiger partial charge on any atom is -0.486 e. The third-order valence-corrected chi connectivity index (χ3v) is 4.09. The van der Waals surface area contributed by atoms with Crippen LogP contribution < -0.4 is 15.8 Å². The molecular weight excluding hydrogens is 348 g/mol. The molecule has 0 aliphatic heterocycles. The van der Waals surface area contributed by atoms with Gasteiger partial charge in [0.15, 0.2) is 0 Å². The number of carbonyl (C=O) groups excluding carboxylic acids is 2. The lowest BCUT2D eigenvalue weighted by molar-refractivity contribution is -0.120. The highest BCUT2D eigenvalue weighted by Crippen LogP contribution is 2.21. The first kappa shape index (κ1) is 18.4. The van der Waals surface area contributed by atoms with Gasteiger partial charge in [-0.15, -0.1) is 0 Å². The largest absolute Gasteiger partial charge is 0.486 e. The Bertz CT molecular complexity index is 969. The Hall–Kier alpha value is -3.39. The number of pyridine rings is 2. The molecule has 8 heteroatoms.